The fraction of sp³-hybridized carbons (Fsp3) is 0.452. The van der Waals surface area contributed by atoms with E-state index in [1.54, 1.807) is 18.0 Å². The lowest BCUT2D eigenvalue weighted by Crippen LogP contribution is -2.48. The molecule has 214 valence electrons. The van der Waals surface area contributed by atoms with Gasteiger partial charge in [0.05, 0.1) is 34.9 Å². The molecule has 1 aromatic heterocycles. The number of aromatic nitrogens is 2. The van der Waals surface area contributed by atoms with Crippen LogP contribution in [-0.2, 0) is 16.1 Å². The summed E-state index contributed by atoms with van der Waals surface area (Å²) in [6, 6.07) is 14.8. The zero-order valence-corrected chi connectivity index (χ0v) is 23.7. The predicted octanol–water partition coefficient (Wildman–Crippen LogP) is 4.17. The molecule has 3 aromatic rings. The molecule has 0 unspecified atom stereocenters. The second-order valence-corrected chi connectivity index (χ2v) is 11.8. The Morgan fingerprint density at radius 3 is 2.63 bits per heavy atom. The second-order valence-electron chi connectivity index (χ2n) is 11.8. The number of imide groups is 1. The molecule has 3 aliphatic rings. The van der Waals surface area contributed by atoms with Crippen LogP contribution in [0.4, 0.5) is 5.69 Å². The van der Waals surface area contributed by atoms with E-state index in [9.17, 15) is 14.4 Å². The van der Waals surface area contributed by atoms with Crippen LogP contribution < -0.4 is 4.90 Å². The summed E-state index contributed by atoms with van der Waals surface area (Å²) in [7, 11) is 1.74. The van der Waals surface area contributed by atoms with Gasteiger partial charge in [0.1, 0.15) is 0 Å². The summed E-state index contributed by atoms with van der Waals surface area (Å²) in [4.78, 5) is 45.8. The second kappa shape index (κ2) is 10.7. The monoisotopic (exact) mass is 557 g/mol. The highest BCUT2D eigenvalue weighted by Crippen LogP contribution is 2.38. The number of carbonyl (C=O) groups is 3. The molecule has 4 heterocycles. The molecule has 2 atom stereocenters. The van der Waals surface area contributed by atoms with Gasteiger partial charge >= 0.3 is 0 Å². The standard InChI is InChI=1S/C31H35N5O5/c1-31(2)17-22(14-16-40-31)36-29(38)23-12-7-13-24(26(23)30(36)39)35-15-8-11-21(18-35)28(37)34(3)19-25-32-33-27(41-25)20-9-5-4-6-10-20/h4-7,9-10,12-13,21-22H,8,11,14-19H2,1-3H3/t21-,22+/m0/s1. The van der Waals surface area contributed by atoms with Crippen molar-refractivity contribution in [2.75, 3.05) is 31.6 Å². The minimum Gasteiger partial charge on any atom is -0.419 e. The summed E-state index contributed by atoms with van der Waals surface area (Å²) in [5.41, 5.74) is 2.04. The summed E-state index contributed by atoms with van der Waals surface area (Å²) in [5.74, 6) is 0.0123. The molecule has 41 heavy (non-hydrogen) atoms. The number of piperidine rings is 1. The van der Waals surface area contributed by atoms with Crippen LogP contribution in [0.15, 0.2) is 52.9 Å². The van der Waals surface area contributed by atoms with Gasteiger partial charge in [-0.15, -0.1) is 10.2 Å². The Morgan fingerprint density at radius 1 is 1.05 bits per heavy atom. The van der Waals surface area contributed by atoms with E-state index in [0.29, 0.717) is 55.4 Å². The number of fused-ring (bicyclic) bond motifs is 1. The van der Waals surface area contributed by atoms with Gasteiger partial charge in [0.2, 0.25) is 17.7 Å². The van der Waals surface area contributed by atoms with Gasteiger partial charge in [-0.2, -0.15) is 0 Å². The van der Waals surface area contributed by atoms with Crippen LogP contribution in [0.5, 0.6) is 0 Å². The third-order valence-corrected chi connectivity index (χ3v) is 8.31. The number of hydrogen-bond acceptors (Lipinski definition) is 8. The van der Waals surface area contributed by atoms with Gasteiger partial charge in [0.15, 0.2) is 0 Å². The Morgan fingerprint density at radius 2 is 1.85 bits per heavy atom. The Balaban J connectivity index is 1.16. The largest absolute Gasteiger partial charge is 0.419 e. The van der Waals surface area contributed by atoms with E-state index in [1.165, 1.54) is 4.90 Å². The quantitative estimate of drug-likeness (QED) is 0.416. The van der Waals surface area contributed by atoms with Crippen molar-refractivity contribution in [2.24, 2.45) is 5.92 Å². The number of carbonyl (C=O) groups excluding carboxylic acids is 3. The first-order valence-corrected chi connectivity index (χ1v) is 14.2. The van der Waals surface area contributed by atoms with E-state index in [4.69, 9.17) is 9.15 Å². The van der Waals surface area contributed by atoms with Gasteiger partial charge in [-0.25, -0.2) is 0 Å². The van der Waals surface area contributed by atoms with Gasteiger partial charge in [-0.05, 0) is 63.8 Å². The molecule has 3 amide bonds. The third-order valence-electron chi connectivity index (χ3n) is 8.31. The molecule has 2 aromatic carbocycles. The number of amides is 3. The molecular formula is C31H35N5O5. The molecule has 0 N–H and O–H groups in total. The minimum atomic E-state index is -0.391. The highest BCUT2D eigenvalue weighted by atomic mass is 16.5. The number of rotatable bonds is 6. The molecule has 0 aliphatic carbocycles. The summed E-state index contributed by atoms with van der Waals surface area (Å²) in [5, 5.41) is 8.25. The molecule has 0 radical (unpaired) electrons. The molecule has 10 nitrogen and oxygen atoms in total. The van der Waals surface area contributed by atoms with Crippen LogP contribution in [0.3, 0.4) is 0 Å². The molecule has 0 spiro atoms. The van der Waals surface area contributed by atoms with Gasteiger partial charge in [0, 0.05) is 38.3 Å². The Hall–Kier alpha value is -4.05. The third kappa shape index (κ3) is 5.24. The van der Waals surface area contributed by atoms with Crippen LogP contribution in [0.25, 0.3) is 11.5 Å². The van der Waals surface area contributed by atoms with Gasteiger partial charge in [-0.1, -0.05) is 24.3 Å². The summed E-state index contributed by atoms with van der Waals surface area (Å²) < 4.78 is 11.6. The fourth-order valence-electron chi connectivity index (χ4n) is 6.31. The Kier molecular flexibility index (Phi) is 7.11. The first-order chi connectivity index (χ1) is 19.7. The molecule has 2 saturated heterocycles. The predicted molar refractivity (Wildman–Crippen MR) is 151 cm³/mol. The van der Waals surface area contributed by atoms with Crippen molar-refractivity contribution in [3.05, 3.63) is 65.5 Å². The van der Waals surface area contributed by atoms with Crippen molar-refractivity contribution in [3.8, 4) is 11.5 Å². The summed E-state index contributed by atoms with van der Waals surface area (Å²) in [6.07, 6.45) is 2.77. The maximum Gasteiger partial charge on any atom is 0.263 e. The number of ether oxygens (including phenoxy) is 1. The SMILES string of the molecule is CN(Cc1nnc(-c2ccccc2)o1)C(=O)[C@H]1CCCN(c2cccc3c2C(=O)N([C@@H]2CCOC(C)(C)C2)C3=O)C1. The van der Waals surface area contributed by atoms with E-state index in [2.05, 4.69) is 15.1 Å². The Labute approximate surface area is 239 Å². The molecule has 0 saturated carbocycles. The molecule has 0 bridgehead atoms. The number of nitrogens with zero attached hydrogens (tertiary/aromatic N) is 5. The molecule has 3 aliphatic heterocycles. The zero-order chi connectivity index (χ0) is 28.7. The van der Waals surface area contributed by atoms with Crippen molar-refractivity contribution >= 4 is 23.4 Å². The van der Waals surface area contributed by atoms with E-state index >= 15 is 0 Å². The van der Waals surface area contributed by atoms with Crippen LogP contribution in [0.1, 0.15) is 66.1 Å². The lowest BCUT2D eigenvalue weighted by atomic mass is 9.93. The van der Waals surface area contributed by atoms with Crippen molar-refractivity contribution in [1.29, 1.82) is 0 Å². The van der Waals surface area contributed by atoms with E-state index in [0.717, 1.165) is 24.1 Å². The van der Waals surface area contributed by atoms with Crippen LogP contribution >= 0.6 is 0 Å². The van der Waals surface area contributed by atoms with Gasteiger partial charge in [0.25, 0.3) is 11.8 Å². The maximum absolute atomic E-state index is 13.8. The first kappa shape index (κ1) is 27.1. The van der Waals surface area contributed by atoms with Crippen LogP contribution in [0.2, 0.25) is 0 Å². The van der Waals surface area contributed by atoms with Gasteiger partial charge < -0.3 is 19.0 Å². The maximum atomic E-state index is 13.8. The van der Waals surface area contributed by atoms with Crippen molar-refractivity contribution in [3.63, 3.8) is 0 Å². The normalized spacial score (nSPS) is 22.1. The minimum absolute atomic E-state index is 0.0183. The molecule has 10 heteroatoms. The van der Waals surface area contributed by atoms with Crippen molar-refractivity contribution in [2.45, 2.75) is 57.7 Å². The summed E-state index contributed by atoms with van der Waals surface area (Å²) in [6.45, 7) is 5.87. The zero-order valence-electron chi connectivity index (χ0n) is 23.7. The van der Waals surface area contributed by atoms with E-state index in [-0.39, 0.29) is 36.2 Å². The first-order valence-electron chi connectivity index (χ1n) is 14.2. The fourth-order valence-corrected chi connectivity index (χ4v) is 6.31. The highest BCUT2D eigenvalue weighted by molar-refractivity contribution is 6.24. The van der Waals surface area contributed by atoms with E-state index < -0.39 is 5.60 Å². The van der Waals surface area contributed by atoms with Crippen molar-refractivity contribution < 1.29 is 23.5 Å². The molecule has 2 fully saturated rings. The Bertz CT molecular complexity index is 1470. The smallest absolute Gasteiger partial charge is 0.263 e. The number of anilines is 1. The van der Waals surface area contributed by atoms with Crippen molar-refractivity contribution in [1.82, 2.24) is 20.0 Å². The number of benzene rings is 2. The highest BCUT2D eigenvalue weighted by Gasteiger charge is 2.45. The average molecular weight is 558 g/mol. The topological polar surface area (TPSA) is 109 Å². The number of hydrogen-bond donors (Lipinski definition) is 0. The molecule has 6 rings (SSSR count). The summed E-state index contributed by atoms with van der Waals surface area (Å²) >= 11 is 0. The van der Waals surface area contributed by atoms with Crippen LogP contribution in [0, 0.1) is 5.92 Å². The molecular weight excluding hydrogens is 522 g/mol. The van der Waals surface area contributed by atoms with Crippen LogP contribution in [-0.4, -0.2) is 76.1 Å². The average Bonchev–Trinajstić information content (AvgIpc) is 3.54. The lowest BCUT2D eigenvalue weighted by molar-refractivity contribution is -0.135. The lowest BCUT2D eigenvalue weighted by Gasteiger charge is -2.39. The van der Waals surface area contributed by atoms with E-state index in [1.807, 2.05) is 56.3 Å². The van der Waals surface area contributed by atoms with Gasteiger partial charge in [-0.3, -0.25) is 19.3 Å².